The van der Waals surface area contributed by atoms with E-state index in [1.54, 1.807) is 23.5 Å². The van der Waals surface area contributed by atoms with E-state index in [0.29, 0.717) is 5.56 Å². The number of nitrogens with zero attached hydrogens (tertiary/aromatic N) is 1. The standard InChI is InChI=1S/C12H11NO2S/c1-15-12(14)10-4-2-9(3-5-10)6-11-7-16-8-13-11/h2-5,7-8H,6H2,1H3. The summed E-state index contributed by atoms with van der Waals surface area (Å²) in [4.78, 5) is 15.4. The number of ether oxygens (including phenoxy) is 1. The van der Waals surface area contributed by atoms with Gasteiger partial charge in [0.25, 0.3) is 0 Å². The van der Waals surface area contributed by atoms with E-state index in [1.165, 1.54) is 7.11 Å². The number of hydrogen-bond donors (Lipinski definition) is 0. The van der Waals surface area contributed by atoms with Crippen molar-refractivity contribution in [2.45, 2.75) is 6.42 Å². The maximum Gasteiger partial charge on any atom is 0.337 e. The quantitative estimate of drug-likeness (QED) is 0.765. The summed E-state index contributed by atoms with van der Waals surface area (Å²) in [7, 11) is 1.38. The molecule has 0 spiro atoms. The molecule has 1 aromatic carbocycles. The highest BCUT2D eigenvalue weighted by molar-refractivity contribution is 7.07. The van der Waals surface area contributed by atoms with Crippen LogP contribution in [0.25, 0.3) is 0 Å². The van der Waals surface area contributed by atoms with E-state index in [9.17, 15) is 4.79 Å². The molecule has 0 aliphatic rings. The van der Waals surface area contributed by atoms with Crippen LogP contribution in [0.15, 0.2) is 35.2 Å². The summed E-state index contributed by atoms with van der Waals surface area (Å²) in [6, 6.07) is 7.39. The van der Waals surface area contributed by atoms with Crippen LogP contribution in [-0.2, 0) is 11.2 Å². The molecule has 2 aromatic rings. The maximum absolute atomic E-state index is 11.2. The fourth-order valence-electron chi connectivity index (χ4n) is 1.41. The Kier molecular flexibility index (Phi) is 3.31. The van der Waals surface area contributed by atoms with Crippen LogP contribution in [0, 0.1) is 0 Å². The first-order valence-corrected chi connectivity index (χ1v) is 5.78. The molecular formula is C12H11NO2S. The molecule has 16 heavy (non-hydrogen) atoms. The minimum Gasteiger partial charge on any atom is -0.465 e. The molecule has 0 amide bonds. The lowest BCUT2D eigenvalue weighted by molar-refractivity contribution is 0.0601. The Morgan fingerprint density at radius 2 is 2.12 bits per heavy atom. The minimum absolute atomic E-state index is 0.305. The van der Waals surface area contributed by atoms with Gasteiger partial charge in [0.15, 0.2) is 0 Å². The molecule has 0 atom stereocenters. The second-order valence-corrected chi connectivity index (χ2v) is 4.06. The van der Waals surface area contributed by atoms with Gasteiger partial charge in [-0.1, -0.05) is 12.1 Å². The zero-order valence-electron chi connectivity index (χ0n) is 8.84. The molecular weight excluding hydrogens is 222 g/mol. The zero-order chi connectivity index (χ0) is 11.4. The van der Waals surface area contributed by atoms with Gasteiger partial charge >= 0.3 is 5.97 Å². The van der Waals surface area contributed by atoms with Crippen molar-refractivity contribution in [3.63, 3.8) is 0 Å². The second-order valence-electron chi connectivity index (χ2n) is 3.35. The highest BCUT2D eigenvalue weighted by atomic mass is 32.1. The molecule has 0 aliphatic carbocycles. The normalized spacial score (nSPS) is 10.1. The van der Waals surface area contributed by atoms with E-state index in [-0.39, 0.29) is 5.97 Å². The van der Waals surface area contributed by atoms with Crippen molar-refractivity contribution in [2.24, 2.45) is 0 Å². The van der Waals surface area contributed by atoms with Crippen LogP contribution in [0.5, 0.6) is 0 Å². The lowest BCUT2D eigenvalue weighted by Gasteiger charge is -2.01. The molecule has 0 N–H and O–H groups in total. The van der Waals surface area contributed by atoms with Gasteiger partial charge in [0.2, 0.25) is 0 Å². The Bertz CT molecular complexity index is 462. The summed E-state index contributed by atoms with van der Waals surface area (Å²) in [6.45, 7) is 0. The van der Waals surface area contributed by atoms with Crippen molar-refractivity contribution in [1.82, 2.24) is 4.98 Å². The van der Waals surface area contributed by atoms with Crippen molar-refractivity contribution in [3.05, 3.63) is 52.0 Å². The Balaban J connectivity index is 2.10. The van der Waals surface area contributed by atoms with Gasteiger partial charge in [0, 0.05) is 11.8 Å². The molecule has 0 saturated heterocycles. The molecule has 1 heterocycles. The third-order valence-electron chi connectivity index (χ3n) is 2.24. The van der Waals surface area contributed by atoms with Crippen molar-refractivity contribution in [2.75, 3.05) is 7.11 Å². The zero-order valence-corrected chi connectivity index (χ0v) is 9.66. The topological polar surface area (TPSA) is 39.2 Å². The Morgan fingerprint density at radius 3 is 2.69 bits per heavy atom. The van der Waals surface area contributed by atoms with Crippen LogP contribution in [-0.4, -0.2) is 18.1 Å². The van der Waals surface area contributed by atoms with E-state index in [4.69, 9.17) is 0 Å². The number of carbonyl (C=O) groups excluding carboxylic acids is 1. The summed E-state index contributed by atoms with van der Waals surface area (Å²) < 4.78 is 4.63. The van der Waals surface area contributed by atoms with Crippen LogP contribution in [0.2, 0.25) is 0 Å². The van der Waals surface area contributed by atoms with Gasteiger partial charge in [-0.2, -0.15) is 0 Å². The van der Waals surface area contributed by atoms with Gasteiger partial charge in [0.05, 0.1) is 23.9 Å². The fourth-order valence-corrected chi connectivity index (χ4v) is 1.97. The maximum atomic E-state index is 11.2. The smallest absolute Gasteiger partial charge is 0.337 e. The van der Waals surface area contributed by atoms with E-state index in [0.717, 1.165) is 17.7 Å². The Morgan fingerprint density at radius 1 is 1.38 bits per heavy atom. The van der Waals surface area contributed by atoms with Gasteiger partial charge in [-0.25, -0.2) is 9.78 Å². The molecule has 1 aromatic heterocycles. The summed E-state index contributed by atoms with van der Waals surface area (Å²) >= 11 is 1.59. The van der Waals surface area contributed by atoms with E-state index < -0.39 is 0 Å². The van der Waals surface area contributed by atoms with Crippen LogP contribution in [0.4, 0.5) is 0 Å². The van der Waals surface area contributed by atoms with Crippen molar-refractivity contribution < 1.29 is 9.53 Å². The lowest BCUT2D eigenvalue weighted by atomic mass is 10.1. The highest BCUT2D eigenvalue weighted by Gasteiger charge is 2.04. The largest absolute Gasteiger partial charge is 0.465 e. The number of aromatic nitrogens is 1. The SMILES string of the molecule is COC(=O)c1ccc(Cc2cscn2)cc1. The predicted octanol–water partition coefficient (Wildman–Crippen LogP) is 2.52. The van der Waals surface area contributed by atoms with Crippen LogP contribution >= 0.6 is 11.3 Å². The second kappa shape index (κ2) is 4.90. The Hall–Kier alpha value is -1.68. The Labute approximate surface area is 97.7 Å². The molecule has 0 bridgehead atoms. The molecule has 82 valence electrons. The van der Waals surface area contributed by atoms with Crippen molar-refractivity contribution in [3.8, 4) is 0 Å². The predicted molar refractivity (Wildman–Crippen MR) is 62.7 cm³/mol. The van der Waals surface area contributed by atoms with E-state index >= 15 is 0 Å². The number of carbonyl (C=O) groups is 1. The molecule has 0 saturated carbocycles. The summed E-state index contributed by atoms with van der Waals surface area (Å²) in [6.07, 6.45) is 0.797. The average Bonchev–Trinajstić information content (AvgIpc) is 2.82. The van der Waals surface area contributed by atoms with Gasteiger partial charge in [-0.15, -0.1) is 11.3 Å². The first-order chi connectivity index (χ1) is 7.79. The van der Waals surface area contributed by atoms with Gasteiger partial charge < -0.3 is 4.74 Å². The summed E-state index contributed by atoms with van der Waals surface area (Å²) in [5.74, 6) is -0.305. The molecule has 0 fully saturated rings. The van der Waals surface area contributed by atoms with Crippen LogP contribution < -0.4 is 0 Å². The average molecular weight is 233 g/mol. The minimum atomic E-state index is -0.305. The number of thiazole rings is 1. The lowest BCUT2D eigenvalue weighted by Crippen LogP contribution is -2.00. The van der Waals surface area contributed by atoms with Crippen molar-refractivity contribution >= 4 is 17.3 Å². The highest BCUT2D eigenvalue weighted by Crippen LogP contribution is 2.11. The molecule has 3 nitrogen and oxygen atoms in total. The molecule has 0 unspecified atom stereocenters. The summed E-state index contributed by atoms with van der Waals surface area (Å²) in [5, 5.41) is 2.02. The molecule has 2 rings (SSSR count). The van der Waals surface area contributed by atoms with E-state index in [1.807, 2.05) is 23.0 Å². The third-order valence-corrected chi connectivity index (χ3v) is 2.88. The fraction of sp³-hybridized carbons (Fsp3) is 0.167. The van der Waals surface area contributed by atoms with Crippen LogP contribution in [0.3, 0.4) is 0 Å². The summed E-state index contributed by atoms with van der Waals surface area (Å²) in [5.41, 5.74) is 4.58. The van der Waals surface area contributed by atoms with Gasteiger partial charge in [-0.3, -0.25) is 0 Å². The first-order valence-electron chi connectivity index (χ1n) is 4.84. The number of methoxy groups -OCH3 is 1. The van der Waals surface area contributed by atoms with Gasteiger partial charge in [0.1, 0.15) is 0 Å². The van der Waals surface area contributed by atoms with E-state index in [2.05, 4.69) is 9.72 Å². The number of rotatable bonds is 3. The molecule has 4 heteroatoms. The number of hydrogen-bond acceptors (Lipinski definition) is 4. The molecule has 0 radical (unpaired) electrons. The first kappa shape index (κ1) is 10.8. The van der Waals surface area contributed by atoms with Crippen LogP contribution in [0.1, 0.15) is 21.6 Å². The monoisotopic (exact) mass is 233 g/mol. The van der Waals surface area contributed by atoms with Gasteiger partial charge in [-0.05, 0) is 17.7 Å². The number of esters is 1. The number of benzene rings is 1. The third kappa shape index (κ3) is 2.46. The van der Waals surface area contributed by atoms with Crippen molar-refractivity contribution in [1.29, 1.82) is 0 Å². The molecule has 0 aliphatic heterocycles.